The van der Waals surface area contributed by atoms with Gasteiger partial charge in [0.2, 0.25) is 5.91 Å². The fourth-order valence-electron chi connectivity index (χ4n) is 2.93. The maximum Gasteiger partial charge on any atom is 0.325 e. The van der Waals surface area contributed by atoms with Gasteiger partial charge in [0, 0.05) is 18.3 Å². The van der Waals surface area contributed by atoms with Crippen molar-refractivity contribution in [2.75, 3.05) is 19.1 Å². The summed E-state index contributed by atoms with van der Waals surface area (Å²) in [4.78, 5) is 45.0. The molecule has 0 radical (unpaired) electrons. The van der Waals surface area contributed by atoms with Gasteiger partial charge >= 0.3 is 5.97 Å². The fraction of sp³-hybridized carbons (Fsp3) is 0.333. The lowest BCUT2D eigenvalue weighted by Crippen LogP contribution is -2.43. The van der Waals surface area contributed by atoms with E-state index in [2.05, 4.69) is 9.97 Å². The van der Waals surface area contributed by atoms with Crippen molar-refractivity contribution in [1.82, 2.24) is 9.97 Å². The van der Waals surface area contributed by atoms with Crippen molar-refractivity contribution in [3.8, 4) is 0 Å². The van der Waals surface area contributed by atoms with Gasteiger partial charge in [0.1, 0.15) is 5.82 Å². The van der Waals surface area contributed by atoms with E-state index in [4.69, 9.17) is 4.74 Å². The maximum absolute atomic E-state index is 12.5. The highest BCUT2D eigenvalue weighted by Gasteiger charge is 2.53. The number of rotatable bonds is 1. The first-order valence-electron chi connectivity index (χ1n) is 6.72. The van der Waals surface area contributed by atoms with E-state index in [1.165, 1.54) is 18.9 Å². The number of carbonyl (C=O) groups excluding carboxylic acids is 2. The predicted molar refractivity (Wildman–Crippen MR) is 79.9 cm³/mol. The highest BCUT2D eigenvalue weighted by molar-refractivity contribution is 6.20. The largest absolute Gasteiger partial charge is 0.468 e. The molecule has 0 saturated carbocycles. The van der Waals surface area contributed by atoms with Crippen LogP contribution in [0.5, 0.6) is 0 Å². The van der Waals surface area contributed by atoms with Crippen LogP contribution in [0, 0.1) is 6.92 Å². The molecule has 0 bridgehead atoms. The number of nitrogens with one attached hydrogen (secondary N) is 1. The molecule has 2 heterocycles. The van der Waals surface area contributed by atoms with E-state index < -0.39 is 17.3 Å². The normalized spacial score (nSPS) is 20.4. The second kappa shape index (κ2) is 4.40. The van der Waals surface area contributed by atoms with Crippen molar-refractivity contribution in [3.05, 3.63) is 33.9 Å². The molecule has 2 aromatic rings. The number of aryl methyl sites for hydroxylation is 1. The minimum Gasteiger partial charge on any atom is -0.468 e. The van der Waals surface area contributed by atoms with Crippen LogP contribution in [0.15, 0.2) is 16.9 Å². The van der Waals surface area contributed by atoms with Crippen LogP contribution >= 0.6 is 0 Å². The summed E-state index contributed by atoms with van der Waals surface area (Å²) in [5, 5.41) is 0.373. The number of amides is 1. The van der Waals surface area contributed by atoms with Crippen LogP contribution in [-0.4, -0.2) is 36.0 Å². The summed E-state index contributed by atoms with van der Waals surface area (Å²) in [6.07, 6.45) is 0. The van der Waals surface area contributed by atoms with E-state index in [1.807, 2.05) is 0 Å². The zero-order valence-corrected chi connectivity index (χ0v) is 12.7. The summed E-state index contributed by atoms with van der Waals surface area (Å²) in [6.45, 7) is 3.19. The molecule has 1 aliphatic rings. The highest BCUT2D eigenvalue weighted by atomic mass is 16.5. The van der Waals surface area contributed by atoms with E-state index in [-0.39, 0.29) is 5.56 Å². The molecule has 0 aliphatic carbocycles. The zero-order chi connectivity index (χ0) is 16.2. The highest BCUT2D eigenvalue weighted by Crippen LogP contribution is 2.43. The summed E-state index contributed by atoms with van der Waals surface area (Å²) in [5.41, 5.74) is -0.250. The number of benzene rings is 1. The Morgan fingerprint density at radius 2 is 2.05 bits per heavy atom. The first-order valence-corrected chi connectivity index (χ1v) is 6.72. The quantitative estimate of drug-likeness (QED) is 0.616. The summed E-state index contributed by atoms with van der Waals surface area (Å²) < 4.78 is 4.80. The predicted octanol–water partition coefficient (Wildman–Crippen LogP) is 0.639. The molecule has 0 spiro atoms. The summed E-state index contributed by atoms with van der Waals surface area (Å²) in [5.74, 6) is -0.559. The number of methoxy groups -OCH3 is 1. The molecule has 7 nitrogen and oxygen atoms in total. The lowest BCUT2D eigenvalue weighted by molar-refractivity contribution is -0.150. The van der Waals surface area contributed by atoms with E-state index in [1.54, 1.807) is 26.1 Å². The lowest BCUT2D eigenvalue weighted by atomic mass is 9.83. The molecule has 0 fully saturated rings. The molecule has 1 aromatic heterocycles. The number of H-pyrrole nitrogens is 1. The van der Waals surface area contributed by atoms with Crippen LogP contribution in [0.25, 0.3) is 10.9 Å². The number of aromatic amines is 1. The van der Waals surface area contributed by atoms with E-state index in [9.17, 15) is 14.4 Å². The average molecular weight is 301 g/mol. The van der Waals surface area contributed by atoms with Crippen LogP contribution in [0.4, 0.5) is 5.69 Å². The number of carbonyl (C=O) groups is 2. The second-order valence-electron chi connectivity index (χ2n) is 5.52. The molecule has 114 valence electrons. The minimum absolute atomic E-state index is 0.280. The Labute approximate surface area is 125 Å². The standard InChI is InChI=1S/C15H15N3O4/c1-7-16-10-6-9-11(5-8(10)12(19)17-7)18(3)13(20)15(9,2)14(21)22-4/h5-6H,1-4H3,(H,16,17,19). The Bertz CT molecular complexity index is 886. The summed E-state index contributed by atoms with van der Waals surface area (Å²) in [6, 6.07) is 3.20. The first-order chi connectivity index (χ1) is 10.3. The molecule has 3 rings (SSSR count). The van der Waals surface area contributed by atoms with E-state index in [0.717, 1.165) is 0 Å². The first kappa shape index (κ1) is 14.2. The maximum atomic E-state index is 12.5. The van der Waals surface area contributed by atoms with Gasteiger partial charge in [0.05, 0.1) is 18.0 Å². The molecule has 22 heavy (non-hydrogen) atoms. The third-order valence-corrected chi connectivity index (χ3v) is 4.17. The summed E-state index contributed by atoms with van der Waals surface area (Å²) in [7, 11) is 2.81. The van der Waals surface area contributed by atoms with Crippen LogP contribution in [-0.2, 0) is 19.7 Å². The fourth-order valence-corrected chi connectivity index (χ4v) is 2.93. The molecule has 0 saturated heterocycles. The van der Waals surface area contributed by atoms with Crippen LogP contribution in [0.1, 0.15) is 18.3 Å². The van der Waals surface area contributed by atoms with Crippen LogP contribution in [0.2, 0.25) is 0 Å². The SMILES string of the molecule is COC(=O)C1(C)C(=O)N(C)c2cc3c(=O)[nH]c(C)nc3cc21. The number of anilines is 1. The van der Waals surface area contributed by atoms with Crippen LogP contribution in [0.3, 0.4) is 0 Å². The molecule has 1 unspecified atom stereocenters. The molecular formula is C15H15N3O4. The minimum atomic E-state index is -1.43. The zero-order valence-electron chi connectivity index (χ0n) is 12.7. The number of nitrogens with zero attached hydrogens (tertiary/aromatic N) is 2. The topological polar surface area (TPSA) is 92.4 Å². The lowest BCUT2D eigenvalue weighted by Gasteiger charge is -2.19. The number of fused-ring (bicyclic) bond motifs is 2. The van der Waals surface area contributed by atoms with E-state index in [0.29, 0.717) is 28.0 Å². The van der Waals surface area contributed by atoms with Crippen LogP contribution < -0.4 is 10.5 Å². The number of aromatic nitrogens is 2. The van der Waals surface area contributed by atoms with Crippen molar-refractivity contribution in [2.45, 2.75) is 19.3 Å². The molecule has 7 heteroatoms. The van der Waals surface area contributed by atoms with Gasteiger partial charge in [-0.2, -0.15) is 0 Å². The van der Waals surface area contributed by atoms with E-state index >= 15 is 0 Å². The Morgan fingerprint density at radius 3 is 2.68 bits per heavy atom. The Hall–Kier alpha value is -2.70. The third kappa shape index (κ3) is 1.62. The van der Waals surface area contributed by atoms with Crippen molar-refractivity contribution >= 4 is 28.5 Å². The number of hydrogen-bond donors (Lipinski definition) is 1. The third-order valence-electron chi connectivity index (χ3n) is 4.17. The molecular weight excluding hydrogens is 286 g/mol. The van der Waals surface area contributed by atoms with Gasteiger partial charge in [-0.1, -0.05) is 0 Å². The number of likely N-dealkylation sites (N-methyl/N-ethyl adjacent to an activating group) is 1. The van der Waals surface area contributed by atoms with Gasteiger partial charge < -0.3 is 14.6 Å². The van der Waals surface area contributed by atoms with Crippen molar-refractivity contribution in [3.63, 3.8) is 0 Å². The van der Waals surface area contributed by atoms with Gasteiger partial charge in [0.15, 0.2) is 5.41 Å². The smallest absolute Gasteiger partial charge is 0.325 e. The van der Waals surface area contributed by atoms with Gasteiger partial charge in [-0.15, -0.1) is 0 Å². The van der Waals surface area contributed by atoms with Gasteiger partial charge in [-0.05, 0) is 26.0 Å². The second-order valence-corrected chi connectivity index (χ2v) is 5.52. The Morgan fingerprint density at radius 1 is 1.36 bits per heavy atom. The average Bonchev–Trinajstić information content (AvgIpc) is 2.67. The van der Waals surface area contributed by atoms with Crippen molar-refractivity contribution in [2.24, 2.45) is 0 Å². The van der Waals surface area contributed by atoms with Gasteiger partial charge in [-0.25, -0.2) is 4.98 Å². The van der Waals surface area contributed by atoms with Crippen molar-refractivity contribution < 1.29 is 14.3 Å². The Kier molecular flexibility index (Phi) is 2.85. The van der Waals surface area contributed by atoms with Gasteiger partial charge in [-0.3, -0.25) is 14.4 Å². The molecule has 1 N–H and O–H groups in total. The van der Waals surface area contributed by atoms with Gasteiger partial charge in [0.25, 0.3) is 5.56 Å². The molecule has 1 atom stereocenters. The Balaban J connectivity index is 2.40. The number of ether oxygens (including phenoxy) is 1. The number of hydrogen-bond acceptors (Lipinski definition) is 5. The summed E-state index contributed by atoms with van der Waals surface area (Å²) >= 11 is 0. The monoisotopic (exact) mass is 301 g/mol. The van der Waals surface area contributed by atoms with Crippen molar-refractivity contribution in [1.29, 1.82) is 0 Å². The molecule has 1 aromatic carbocycles. The molecule has 1 aliphatic heterocycles. The molecule has 1 amide bonds. The number of esters is 1.